The Balaban J connectivity index is 1.82. The van der Waals surface area contributed by atoms with Gasteiger partial charge < -0.3 is 20.5 Å². The molecule has 144 valence electrons. The Labute approximate surface area is 149 Å². The highest BCUT2D eigenvalue weighted by Crippen LogP contribution is 2.19. The topological polar surface area (TPSA) is 153 Å². The maximum atomic E-state index is 12.2. The highest BCUT2D eigenvalue weighted by molar-refractivity contribution is 5.94. The van der Waals surface area contributed by atoms with Gasteiger partial charge in [-0.15, -0.1) is 0 Å². The van der Waals surface area contributed by atoms with Crippen molar-refractivity contribution in [2.45, 2.75) is 57.5 Å². The SMILES string of the molecule is CCCCOC(=O)N[C@H]1CC[C@@H](NC(=O)c2[nH]c(=O)[nH]c(=O)c2O)CC1. The fraction of sp³-hybridized carbons (Fsp3) is 0.625. The summed E-state index contributed by atoms with van der Waals surface area (Å²) in [7, 11) is 0. The Bertz CT molecular complexity index is 748. The molecule has 0 spiro atoms. The van der Waals surface area contributed by atoms with E-state index < -0.39 is 34.7 Å². The van der Waals surface area contributed by atoms with Gasteiger partial charge in [-0.3, -0.25) is 19.6 Å². The number of hydrogen-bond acceptors (Lipinski definition) is 6. The summed E-state index contributed by atoms with van der Waals surface area (Å²) in [6, 6.07) is -0.205. The molecule has 1 aromatic heterocycles. The van der Waals surface area contributed by atoms with E-state index >= 15 is 0 Å². The minimum atomic E-state index is -1.02. The molecule has 10 nitrogen and oxygen atoms in total. The number of nitrogens with one attached hydrogen (secondary N) is 4. The number of carbonyl (C=O) groups excluding carboxylic acids is 2. The predicted octanol–water partition coefficient (Wildman–Crippen LogP) is 0.336. The summed E-state index contributed by atoms with van der Waals surface area (Å²) in [4.78, 5) is 50.3. The molecule has 2 amide bonds. The van der Waals surface area contributed by atoms with E-state index in [1.54, 1.807) is 0 Å². The highest BCUT2D eigenvalue weighted by atomic mass is 16.5. The van der Waals surface area contributed by atoms with Crippen LogP contribution >= 0.6 is 0 Å². The molecule has 0 radical (unpaired) electrons. The van der Waals surface area contributed by atoms with Crippen LogP contribution in [-0.4, -0.2) is 45.8 Å². The first kappa shape index (κ1) is 19.5. The number of amides is 2. The first-order valence-corrected chi connectivity index (χ1v) is 8.70. The molecule has 5 N–H and O–H groups in total. The standard InChI is InChI=1S/C16H24N4O6/c1-2-3-8-26-16(25)18-10-6-4-9(5-7-10)17-13(22)11-12(21)14(23)20-15(24)19-11/h9-10,21H,2-8H2,1H3,(H,17,22)(H,18,25)(H2,19,20,23,24)/t9-,10+. The van der Waals surface area contributed by atoms with Crippen molar-refractivity contribution in [3.8, 4) is 5.75 Å². The molecular formula is C16H24N4O6. The average Bonchev–Trinajstić information content (AvgIpc) is 2.60. The number of ether oxygens (including phenoxy) is 1. The number of aromatic amines is 2. The summed E-state index contributed by atoms with van der Waals surface area (Å²) >= 11 is 0. The summed E-state index contributed by atoms with van der Waals surface area (Å²) in [5, 5.41) is 15.1. The van der Waals surface area contributed by atoms with Crippen molar-refractivity contribution in [2.24, 2.45) is 0 Å². The van der Waals surface area contributed by atoms with Crippen LogP contribution in [0.15, 0.2) is 9.59 Å². The maximum Gasteiger partial charge on any atom is 0.407 e. The minimum absolute atomic E-state index is 0.0231. The fourth-order valence-electron chi connectivity index (χ4n) is 2.80. The number of carbonyl (C=O) groups is 2. The second-order valence-corrected chi connectivity index (χ2v) is 6.29. The van der Waals surface area contributed by atoms with E-state index in [4.69, 9.17) is 4.74 Å². The lowest BCUT2D eigenvalue weighted by atomic mass is 9.91. The molecule has 0 atom stereocenters. The van der Waals surface area contributed by atoms with Crippen LogP contribution in [0.1, 0.15) is 55.9 Å². The van der Waals surface area contributed by atoms with Gasteiger partial charge in [-0.25, -0.2) is 9.59 Å². The lowest BCUT2D eigenvalue weighted by Crippen LogP contribution is -2.44. The Kier molecular flexibility index (Phi) is 6.81. The number of alkyl carbamates (subject to hydrolysis) is 1. The fourth-order valence-corrected chi connectivity index (χ4v) is 2.80. The second kappa shape index (κ2) is 9.07. The second-order valence-electron chi connectivity index (χ2n) is 6.29. The van der Waals surface area contributed by atoms with Gasteiger partial charge in [-0.1, -0.05) is 13.3 Å². The van der Waals surface area contributed by atoms with E-state index in [9.17, 15) is 24.3 Å². The van der Waals surface area contributed by atoms with E-state index in [-0.39, 0.29) is 12.1 Å². The zero-order chi connectivity index (χ0) is 19.1. The molecule has 0 saturated heterocycles. The van der Waals surface area contributed by atoms with Crippen molar-refractivity contribution in [3.05, 3.63) is 26.5 Å². The average molecular weight is 368 g/mol. The van der Waals surface area contributed by atoms with Crippen LogP contribution in [0, 0.1) is 0 Å². The monoisotopic (exact) mass is 368 g/mol. The summed E-state index contributed by atoms with van der Waals surface area (Å²) in [6.07, 6.45) is 3.88. The molecule has 1 aromatic rings. The van der Waals surface area contributed by atoms with Gasteiger partial charge in [-0.05, 0) is 32.1 Å². The first-order chi connectivity index (χ1) is 12.4. The number of aromatic nitrogens is 2. The van der Waals surface area contributed by atoms with Crippen molar-refractivity contribution in [1.82, 2.24) is 20.6 Å². The Morgan fingerprint density at radius 1 is 1.12 bits per heavy atom. The lowest BCUT2D eigenvalue weighted by molar-refractivity contribution is 0.0912. The molecule has 10 heteroatoms. The van der Waals surface area contributed by atoms with Gasteiger partial charge in [0.2, 0.25) is 5.75 Å². The maximum absolute atomic E-state index is 12.2. The van der Waals surface area contributed by atoms with E-state index in [1.807, 2.05) is 11.9 Å². The lowest BCUT2D eigenvalue weighted by Gasteiger charge is -2.29. The third-order valence-corrected chi connectivity index (χ3v) is 4.26. The molecule has 1 aliphatic rings. The smallest absolute Gasteiger partial charge is 0.407 e. The van der Waals surface area contributed by atoms with Crippen LogP contribution in [0.25, 0.3) is 0 Å². The van der Waals surface area contributed by atoms with E-state index in [0.717, 1.165) is 12.8 Å². The number of aromatic hydroxyl groups is 1. The number of H-pyrrole nitrogens is 2. The van der Waals surface area contributed by atoms with Gasteiger partial charge >= 0.3 is 11.8 Å². The van der Waals surface area contributed by atoms with Gasteiger partial charge in [0, 0.05) is 12.1 Å². The van der Waals surface area contributed by atoms with E-state index in [0.29, 0.717) is 32.3 Å². The minimum Gasteiger partial charge on any atom is -0.501 e. The Morgan fingerprint density at radius 3 is 2.35 bits per heavy atom. The van der Waals surface area contributed by atoms with Crippen molar-refractivity contribution in [3.63, 3.8) is 0 Å². The zero-order valence-corrected chi connectivity index (χ0v) is 14.6. The third kappa shape index (κ3) is 5.36. The Morgan fingerprint density at radius 2 is 1.73 bits per heavy atom. The Hall–Kier alpha value is -2.78. The number of unbranched alkanes of at least 4 members (excludes halogenated alkanes) is 1. The molecule has 0 aliphatic heterocycles. The summed E-state index contributed by atoms with van der Waals surface area (Å²) < 4.78 is 5.06. The molecule has 1 aliphatic carbocycles. The zero-order valence-electron chi connectivity index (χ0n) is 14.6. The summed E-state index contributed by atoms with van der Waals surface area (Å²) in [5.74, 6) is -1.55. The quantitative estimate of drug-likeness (QED) is 0.456. The molecular weight excluding hydrogens is 344 g/mol. The molecule has 1 saturated carbocycles. The number of hydrogen-bond donors (Lipinski definition) is 5. The first-order valence-electron chi connectivity index (χ1n) is 8.70. The van der Waals surface area contributed by atoms with Crippen molar-refractivity contribution >= 4 is 12.0 Å². The van der Waals surface area contributed by atoms with Crippen LogP contribution in [0.4, 0.5) is 4.79 Å². The van der Waals surface area contributed by atoms with Crippen LogP contribution < -0.4 is 21.9 Å². The molecule has 2 rings (SSSR count). The van der Waals surface area contributed by atoms with Gasteiger partial charge in [0.05, 0.1) is 6.61 Å². The van der Waals surface area contributed by atoms with Gasteiger partial charge in [-0.2, -0.15) is 0 Å². The molecule has 1 fully saturated rings. The third-order valence-electron chi connectivity index (χ3n) is 4.26. The van der Waals surface area contributed by atoms with Crippen LogP contribution in [-0.2, 0) is 4.74 Å². The van der Waals surface area contributed by atoms with Gasteiger partial charge in [0.15, 0.2) is 5.69 Å². The highest BCUT2D eigenvalue weighted by Gasteiger charge is 2.25. The van der Waals surface area contributed by atoms with Crippen molar-refractivity contribution in [1.29, 1.82) is 0 Å². The molecule has 26 heavy (non-hydrogen) atoms. The molecule has 0 unspecified atom stereocenters. The van der Waals surface area contributed by atoms with Crippen LogP contribution in [0.2, 0.25) is 0 Å². The van der Waals surface area contributed by atoms with Crippen LogP contribution in [0.3, 0.4) is 0 Å². The van der Waals surface area contributed by atoms with Crippen molar-refractivity contribution in [2.75, 3.05) is 6.61 Å². The largest absolute Gasteiger partial charge is 0.501 e. The van der Waals surface area contributed by atoms with Gasteiger partial charge in [0.25, 0.3) is 11.5 Å². The normalized spacial score (nSPS) is 19.6. The van der Waals surface area contributed by atoms with E-state index in [2.05, 4.69) is 15.6 Å². The predicted molar refractivity (Wildman–Crippen MR) is 92.3 cm³/mol. The van der Waals surface area contributed by atoms with Crippen LogP contribution in [0.5, 0.6) is 5.75 Å². The molecule has 1 heterocycles. The number of rotatable bonds is 6. The van der Waals surface area contributed by atoms with Gasteiger partial charge in [0.1, 0.15) is 0 Å². The van der Waals surface area contributed by atoms with E-state index in [1.165, 1.54) is 0 Å². The van der Waals surface area contributed by atoms with Crippen molar-refractivity contribution < 1.29 is 19.4 Å². The summed E-state index contributed by atoms with van der Waals surface area (Å²) in [6.45, 7) is 2.41. The molecule has 0 bridgehead atoms. The summed E-state index contributed by atoms with van der Waals surface area (Å²) in [5.41, 5.74) is -2.35. The molecule has 0 aromatic carbocycles.